The summed E-state index contributed by atoms with van der Waals surface area (Å²) in [6.07, 6.45) is 2.10. The molecule has 0 unspecified atom stereocenters. The van der Waals surface area contributed by atoms with E-state index in [0.29, 0.717) is 6.54 Å². The number of nitrogens with two attached hydrogens (primary N) is 1. The molecule has 0 radical (unpaired) electrons. The van der Waals surface area contributed by atoms with E-state index in [0.717, 1.165) is 35.2 Å². The Morgan fingerprint density at radius 3 is 3.06 bits per heavy atom. The SMILES string of the molecule is COc1ccc(Br)cc1[C@H]1CCCN1CC(N)=O. The molecule has 98 valence electrons. The Kier molecular flexibility index (Phi) is 4.24. The van der Waals surface area contributed by atoms with Crippen molar-refractivity contribution < 1.29 is 9.53 Å². The van der Waals surface area contributed by atoms with Crippen molar-refractivity contribution in [2.24, 2.45) is 5.73 Å². The molecule has 1 fully saturated rings. The molecule has 0 aliphatic carbocycles. The van der Waals surface area contributed by atoms with Gasteiger partial charge in [0.2, 0.25) is 5.91 Å². The van der Waals surface area contributed by atoms with Crippen molar-refractivity contribution >= 4 is 21.8 Å². The molecule has 5 heteroatoms. The maximum atomic E-state index is 11.1. The second-order valence-electron chi connectivity index (χ2n) is 4.48. The van der Waals surface area contributed by atoms with Gasteiger partial charge < -0.3 is 10.5 Å². The van der Waals surface area contributed by atoms with Gasteiger partial charge in [-0.2, -0.15) is 0 Å². The Morgan fingerprint density at radius 1 is 1.61 bits per heavy atom. The highest BCUT2D eigenvalue weighted by atomic mass is 79.9. The molecule has 0 saturated carbocycles. The summed E-state index contributed by atoms with van der Waals surface area (Å²) >= 11 is 3.48. The predicted molar refractivity (Wildman–Crippen MR) is 73.4 cm³/mol. The normalized spacial score (nSPS) is 20.0. The molecule has 1 heterocycles. The third-order valence-corrected chi connectivity index (χ3v) is 3.77. The quantitative estimate of drug-likeness (QED) is 0.926. The summed E-state index contributed by atoms with van der Waals surface area (Å²) in [6, 6.07) is 6.17. The second-order valence-corrected chi connectivity index (χ2v) is 5.40. The Labute approximate surface area is 115 Å². The van der Waals surface area contributed by atoms with Crippen LogP contribution in [0.5, 0.6) is 5.75 Å². The van der Waals surface area contributed by atoms with Gasteiger partial charge in [0.1, 0.15) is 5.75 Å². The number of hydrogen-bond acceptors (Lipinski definition) is 3. The van der Waals surface area contributed by atoms with E-state index in [4.69, 9.17) is 10.5 Å². The molecule has 1 amide bonds. The summed E-state index contributed by atoms with van der Waals surface area (Å²) in [6.45, 7) is 1.21. The van der Waals surface area contributed by atoms with Crippen LogP contribution in [0.3, 0.4) is 0 Å². The third kappa shape index (κ3) is 2.84. The molecular formula is C13H17BrN2O2. The van der Waals surface area contributed by atoms with E-state index in [1.165, 1.54) is 0 Å². The van der Waals surface area contributed by atoms with Gasteiger partial charge in [-0.05, 0) is 37.6 Å². The van der Waals surface area contributed by atoms with Gasteiger partial charge in [0, 0.05) is 16.1 Å². The average Bonchev–Trinajstić information content (AvgIpc) is 2.76. The summed E-state index contributed by atoms with van der Waals surface area (Å²) < 4.78 is 6.42. The number of hydrogen-bond donors (Lipinski definition) is 1. The highest BCUT2D eigenvalue weighted by molar-refractivity contribution is 9.10. The van der Waals surface area contributed by atoms with Crippen molar-refractivity contribution in [1.29, 1.82) is 0 Å². The van der Waals surface area contributed by atoms with Crippen LogP contribution in [0.25, 0.3) is 0 Å². The molecule has 0 aromatic heterocycles. The Balaban J connectivity index is 2.29. The minimum absolute atomic E-state index is 0.213. The molecule has 1 aliphatic heterocycles. The van der Waals surface area contributed by atoms with Crippen LogP contribution >= 0.6 is 15.9 Å². The Morgan fingerprint density at radius 2 is 2.39 bits per heavy atom. The summed E-state index contributed by atoms with van der Waals surface area (Å²) in [5.41, 5.74) is 6.41. The van der Waals surface area contributed by atoms with Gasteiger partial charge in [-0.3, -0.25) is 9.69 Å². The van der Waals surface area contributed by atoms with Gasteiger partial charge in [-0.25, -0.2) is 0 Å². The fraction of sp³-hybridized carbons (Fsp3) is 0.462. The maximum Gasteiger partial charge on any atom is 0.231 e. The highest BCUT2D eigenvalue weighted by Gasteiger charge is 2.29. The van der Waals surface area contributed by atoms with Crippen molar-refractivity contribution in [2.45, 2.75) is 18.9 Å². The van der Waals surface area contributed by atoms with Gasteiger partial charge in [0.25, 0.3) is 0 Å². The second kappa shape index (κ2) is 5.71. The lowest BCUT2D eigenvalue weighted by Gasteiger charge is -2.25. The molecule has 0 spiro atoms. The number of benzene rings is 1. The van der Waals surface area contributed by atoms with Gasteiger partial charge in [0.15, 0.2) is 0 Å². The molecule has 0 bridgehead atoms. The largest absolute Gasteiger partial charge is 0.496 e. The van der Waals surface area contributed by atoms with E-state index in [2.05, 4.69) is 26.9 Å². The number of methoxy groups -OCH3 is 1. The number of rotatable bonds is 4. The first-order chi connectivity index (χ1) is 8.61. The third-order valence-electron chi connectivity index (χ3n) is 3.27. The van der Waals surface area contributed by atoms with Crippen molar-refractivity contribution in [1.82, 2.24) is 4.90 Å². The smallest absolute Gasteiger partial charge is 0.231 e. The van der Waals surface area contributed by atoms with E-state index in [9.17, 15) is 4.79 Å². The number of carbonyl (C=O) groups excluding carboxylic acids is 1. The Hall–Kier alpha value is -1.07. The van der Waals surface area contributed by atoms with Crippen LogP contribution in [0, 0.1) is 0 Å². The van der Waals surface area contributed by atoms with Crippen LogP contribution in [0.2, 0.25) is 0 Å². The molecule has 2 N–H and O–H groups in total. The molecule has 1 aliphatic rings. The molecule has 1 saturated heterocycles. The van der Waals surface area contributed by atoms with E-state index in [-0.39, 0.29) is 11.9 Å². The minimum atomic E-state index is -0.282. The molecular weight excluding hydrogens is 296 g/mol. The summed E-state index contributed by atoms with van der Waals surface area (Å²) in [4.78, 5) is 13.2. The van der Waals surface area contributed by atoms with Crippen molar-refractivity contribution in [2.75, 3.05) is 20.2 Å². The van der Waals surface area contributed by atoms with Crippen LogP contribution in [0.15, 0.2) is 22.7 Å². The average molecular weight is 313 g/mol. The number of ether oxygens (including phenoxy) is 1. The monoisotopic (exact) mass is 312 g/mol. The zero-order valence-electron chi connectivity index (χ0n) is 10.4. The summed E-state index contributed by atoms with van der Waals surface area (Å²) in [5.74, 6) is 0.579. The predicted octanol–water partition coefficient (Wildman–Crippen LogP) is 2.08. The first-order valence-electron chi connectivity index (χ1n) is 5.97. The van der Waals surface area contributed by atoms with Gasteiger partial charge >= 0.3 is 0 Å². The van der Waals surface area contributed by atoms with Crippen molar-refractivity contribution in [3.63, 3.8) is 0 Å². The lowest BCUT2D eigenvalue weighted by atomic mass is 10.0. The van der Waals surface area contributed by atoms with E-state index in [1.807, 2.05) is 12.1 Å². The van der Waals surface area contributed by atoms with Crippen LogP contribution < -0.4 is 10.5 Å². The number of amides is 1. The Bertz CT molecular complexity index is 451. The van der Waals surface area contributed by atoms with E-state index in [1.54, 1.807) is 7.11 Å². The molecule has 18 heavy (non-hydrogen) atoms. The zero-order valence-corrected chi connectivity index (χ0v) is 11.9. The highest BCUT2D eigenvalue weighted by Crippen LogP contribution is 2.38. The number of carbonyl (C=O) groups is 1. The number of halogens is 1. The summed E-state index contributed by atoms with van der Waals surface area (Å²) in [7, 11) is 1.67. The van der Waals surface area contributed by atoms with Gasteiger partial charge in [-0.15, -0.1) is 0 Å². The first kappa shape index (κ1) is 13.4. The molecule has 1 aromatic carbocycles. The number of likely N-dealkylation sites (tertiary alicyclic amines) is 1. The zero-order chi connectivity index (χ0) is 13.1. The topological polar surface area (TPSA) is 55.6 Å². The molecule has 2 rings (SSSR count). The van der Waals surface area contributed by atoms with Crippen LogP contribution in [0.4, 0.5) is 0 Å². The van der Waals surface area contributed by atoms with Crippen molar-refractivity contribution in [3.05, 3.63) is 28.2 Å². The standard InChI is InChI=1S/C13H17BrN2O2/c1-18-12-5-4-9(14)7-10(12)11-3-2-6-16(11)8-13(15)17/h4-5,7,11H,2-3,6,8H2,1H3,(H2,15,17)/t11-/m1/s1. The summed E-state index contributed by atoms with van der Waals surface area (Å²) in [5, 5.41) is 0. The lowest BCUT2D eigenvalue weighted by molar-refractivity contribution is -0.119. The number of primary amides is 1. The van der Waals surface area contributed by atoms with Crippen LogP contribution in [0.1, 0.15) is 24.4 Å². The fourth-order valence-corrected chi connectivity index (χ4v) is 2.91. The minimum Gasteiger partial charge on any atom is -0.496 e. The number of nitrogens with zero attached hydrogens (tertiary/aromatic N) is 1. The van der Waals surface area contributed by atoms with Gasteiger partial charge in [0.05, 0.1) is 13.7 Å². The van der Waals surface area contributed by atoms with E-state index >= 15 is 0 Å². The van der Waals surface area contributed by atoms with Crippen molar-refractivity contribution in [3.8, 4) is 5.75 Å². The van der Waals surface area contributed by atoms with E-state index < -0.39 is 0 Å². The molecule has 4 nitrogen and oxygen atoms in total. The van der Waals surface area contributed by atoms with Crippen LogP contribution in [-0.2, 0) is 4.79 Å². The first-order valence-corrected chi connectivity index (χ1v) is 6.77. The van der Waals surface area contributed by atoms with Gasteiger partial charge in [-0.1, -0.05) is 15.9 Å². The van der Waals surface area contributed by atoms with Crippen LogP contribution in [-0.4, -0.2) is 31.0 Å². The molecule has 1 atom stereocenters. The fourth-order valence-electron chi connectivity index (χ4n) is 2.53. The lowest BCUT2D eigenvalue weighted by Crippen LogP contribution is -2.33. The maximum absolute atomic E-state index is 11.1. The molecule has 1 aromatic rings.